The van der Waals surface area contributed by atoms with E-state index in [0.717, 1.165) is 11.1 Å². The van der Waals surface area contributed by atoms with Gasteiger partial charge in [-0.25, -0.2) is 9.50 Å². The van der Waals surface area contributed by atoms with Gasteiger partial charge in [0.05, 0.1) is 7.11 Å². The number of hydrogen-bond acceptors (Lipinski definition) is 6. The first-order valence-electron chi connectivity index (χ1n) is 8.57. The summed E-state index contributed by atoms with van der Waals surface area (Å²) >= 11 is 0. The second kappa shape index (κ2) is 7.74. The van der Waals surface area contributed by atoms with Gasteiger partial charge in [0.2, 0.25) is 5.95 Å². The first kappa shape index (κ1) is 16.8. The molecule has 0 aliphatic heterocycles. The summed E-state index contributed by atoms with van der Waals surface area (Å²) in [6.07, 6.45) is 3.50. The van der Waals surface area contributed by atoms with Crippen molar-refractivity contribution in [3.8, 4) is 11.5 Å². The normalized spacial score (nSPS) is 10.7. The summed E-state index contributed by atoms with van der Waals surface area (Å²) in [6, 6.07) is 17.7. The molecule has 7 heteroatoms. The molecule has 0 bridgehead atoms. The number of rotatable bonds is 7. The van der Waals surface area contributed by atoms with Gasteiger partial charge in [-0.2, -0.15) is 4.98 Å². The van der Waals surface area contributed by atoms with Gasteiger partial charge in [-0.15, -0.1) is 5.10 Å². The van der Waals surface area contributed by atoms with Crippen molar-refractivity contribution in [1.82, 2.24) is 19.6 Å². The van der Waals surface area contributed by atoms with E-state index in [4.69, 9.17) is 9.47 Å². The van der Waals surface area contributed by atoms with Crippen molar-refractivity contribution >= 4 is 11.7 Å². The molecule has 0 radical (unpaired) electrons. The van der Waals surface area contributed by atoms with Gasteiger partial charge in [0.15, 0.2) is 11.5 Å². The maximum atomic E-state index is 5.89. The SMILES string of the molecule is COc1cc(CNc2nc3ncccn3n2)ccc1OCc1ccccc1. The maximum absolute atomic E-state index is 5.89. The second-order valence-electron chi connectivity index (χ2n) is 5.91. The summed E-state index contributed by atoms with van der Waals surface area (Å²) in [5, 5.41) is 7.53. The molecule has 0 spiro atoms. The molecule has 0 aliphatic carbocycles. The van der Waals surface area contributed by atoms with Crippen molar-refractivity contribution in [3.63, 3.8) is 0 Å². The average Bonchev–Trinajstić information content (AvgIpc) is 3.15. The van der Waals surface area contributed by atoms with Crippen molar-refractivity contribution in [2.24, 2.45) is 0 Å². The van der Waals surface area contributed by atoms with E-state index in [1.807, 2.05) is 60.8 Å². The number of anilines is 1. The summed E-state index contributed by atoms with van der Waals surface area (Å²) in [7, 11) is 1.64. The van der Waals surface area contributed by atoms with Gasteiger partial charge < -0.3 is 14.8 Å². The van der Waals surface area contributed by atoms with E-state index in [9.17, 15) is 0 Å². The van der Waals surface area contributed by atoms with Gasteiger partial charge in [0, 0.05) is 18.9 Å². The van der Waals surface area contributed by atoms with Crippen LogP contribution in [0.4, 0.5) is 5.95 Å². The highest BCUT2D eigenvalue weighted by Crippen LogP contribution is 2.29. The summed E-state index contributed by atoms with van der Waals surface area (Å²) in [5.41, 5.74) is 2.14. The molecule has 2 aromatic heterocycles. The fourth-order valence-electron chi connectivity index (χ4n) is 2.67. The van der Waals surface area contributed by atoms with Crippen LogP contribution in [0.25, 0.3) is 5.78 Å². The molecule has 4 aromatic rings. The van der Waals surface area contributed by atoms with Crippen LogP contribution in [-0.2, 0) is 13.2 Å². The fraction of sp³-hybridized carbons (Fsp3) is 0.150. The third-order valence-corrected chi connectivity index (χ3v) is 4.03. The van der Waals surface area contributed by atoms with Crippen molar-refractivity contribution in [3.05, 3.63) is 78.1 Å². The van der Waals surface area contributed by atoms with Crippen molar-refractivity contribution in [1.29, 1.82) is 0 Å². The fourth-order valence-corrected chi connectivity index (χ4v) is 2.67. The first-order chi connectivity index (χ1) is 13.3. The van der Waals surface area contributed by atoms with Crippen LogP contribution in [0.15, 0.2) is 67.0 Å². The topological polar surface area (TPSA) is 73.6 Å². The third kappa shape index (κ3) is 3.98. The Hall–Kier alpha value is -3.61. The Balaban J connectivity index is 1.42. The zero-order valence-corrected chi connectivity index (χ0v) is 14.9. The third-order valence-electron chi connectivity index (χ3n) is 4.03. The van der Waals surface area contributed by atoms with Gasteiger partial charge in [-0.3, -0.25) is 0 Å². The van der Waals surface area contributed by atoms with Gasteiger partial charge in [0.1, 0.15) is 6.61 Å². The number of hydrogen-bond donors (Lipinski definition) is 1. The lowest BCUT2D eigenvalue weighted by Crippen LogP contribution is -2.03. The minimum Gasteiger partial charge on any atom is -0.493 e. The first-order valence-corrected chi connectivity index (χ1v) is 8.57. The summed E-state index contributed by atoms with van der Waals surface area (Å²) in [6.45, 7) is 1.05. The number of methoxy groups -OCH3 is 1. The molecule has 0 aliphatic rings. The van der Waals surface area contributed by atoms with E-state index in [2.05, 4.69) is 20.4 Å². The summed E-state index contributed by atoms with van der Waals surface area (Å²) < 4.78 is 13.0. The van der Waals surface area contributed by atoms with Crippen LogP contribution < -0.4 is 14.8 Å². The molecule has 0 amide bonds. The van der Waals surface area contributed by atoms with Crippen LogP contribution in [0.3, 0.4) is 0 Å². The number of nitrogens with zero attached hydrogens (tertiary/aromatic N) is 4. The standard InChI is InChI=1S/C20H19N5O2/c1-26-18-12-16(8-9-17(18)27-14-15-6-3-2-4-7-15)13-22-19-23-20-21-10-5-11-25(20)24-19/h2-12H,13-14H2,1H3,(H,22,24). The van der Waals surface area contributed by atoms with E-state index < -0.39 is 0 Å². The quantitative estimate of drug-likeness (QED) is 0.544. The van der Waals surface area contributed by atoms with E-state index in [0.29, 0.717) is 36.4 Å². The minimum absolute atomic E-state index is 0.493. The molecule has 27 heavy (non-hydrogen) atoms. The Morgan fingerprint density at radius 3 is 2.70 bits per heavy atom. The molecular formula is C20H19N5O2. The van der Waals surface area contributed by atoms with Gasteiger partial charge in [-0.05, 0) is 29.3 Å². The van der Waals surface area contributed by atoms with Crippen molar-refractivity contribution < 1.29 is 9.47 Å². The largest absolute Gasteiger partial charge is 0.493 e. The highest BCUT2D eigenvalue weighted by Gasteiger charge is 2.08. The highest BCUT2D eigenvalue weighted by molar-refractivity contribution is 5.44. The number of aromatic nitrogens is 4. The summed E-state index contributed by atoms with van der Waals surface area (Å²) in [4.78, 5) is 8.48. The van der Waals surface area contributed by atoms with E-state index in [1.54, 1.807) is 17.8 Å². The summed E-state index contributed by atoms with van der Waals surface area (Å²) in [5.74, 6) is 2.48. The molecule has 0 fully saturated rings. The molecule has 2 heterocycles. The predicted molar refractivity (Wildman–Crippen MR) is 102 cm³/mol. The van der Waals surface area contributed by atoms with Gasteiger partial charge >= 0.3 is 0 Å². The maximum Gasteiger partial charge on any atom is 0.253 e. The molecule has 0 unspecified atom stereocenters. The zero-order valence-electron chi connectivity index (χ0n) is 14.9. The molecule has 136 valence electrons. The predicted octanol–water partition coefficient (Wildman–Crippen LogP) is 3.32. The zero-order chi connectivity index (χ0) is 18.5. The second-order valence-corrected chi connectivity index (χ2v) is 5.91. The molecular weight excluding hydrogens is 342 g/mol. The lowest BCUT2D eigenvalue weighted by Gasteiger charge is -2.12. The van der Waals surface area contributed by atoms with Gasteiger partial charge in [0.25, 0.3) is 5.78 Å². The number of benzene rings is 2. The Morgan fingerprint density at radius 1 is 1.00 bits per heavy atom. The van der Waals surface area contributed by atoms with Gasteiger partial charge in [-0.1, -0.05) is 36.4 Å². The number of nitrogens with one attached hydrogen (secondary N) is 1. The Kier molecular flexibility index (Phi) is 4.82. The Labute approximate surface area is 156 Å². The van der Waals surface area contributed by atoms with Crippen LogP contribution in [0, 0.1) is 0 Å². The minimum atomic E-state index is 0.493. The molecule has 7 nitrogen and oxygen atoms in total. The lowest BCUT2D eigenvalue weighted by atomic mass is 10.2. The van der Waals surface area contributed by atoms with Crippen LogP contribution in [0.1, 0.15) is 11.1 Å². The molecule has 0 saturated heterocycles. The van der Waals surface area contributed by atoms with E-state index in [-0.39, 0.29) is 0 Å². The number of ether oxygens (including phenoxy) is 2. The van der Waals surface area contributed by atoms with E-state index in [1.165, 1.54) is 0 Å². The molecule has 4 rings (SSSR count). The molecule has 2 aromatic carbocycles. The Morgan fingerprint density at radius 2 is 1.89 bits per heavy atom. The molecule has 0 atom stereocenters. The average molecular weight is 361 g/mol. The highest BCUT2D eigenvalue weighted by atomic mass is 16.5. The van der Waals surface area contributed by atoms with Crippen LogP contribution in [-0.4, -0.2) is 26.7 Å². The van der Waals surface area contributed by atoms with Crippen LogP contribution >= 0.6 is 0 Å². The smallest absolute Gasteiger partial charge is 0.253 e. The lowest BCUT2D eigenvalue weighted by molar-refractivity contribution is 0.284. The van der Waals surface area contributed by atoms with E-state index >= 15 is 0 Å². The van der Waals surface area contributed by atoms with Crippen molar-refractivity contribution in [2.75, 3.05) is 12.4 Å². The Bertz CT molecular complexity index is 1000. The van der Waals surface area contributed by atoms with Crippen LogP contribution in [0.2, 0.25) is 0 Å². The molecule has 0 saturated carbocycles. The number of fused-ring (bicyclic) bond motifs is 1. The van der Waals surface area contributed by atoms with Crippen LogP contribution in [0.5, 0.6) is 11.5 Å². The monoisotopic (exact) mass is 361 g/mol. The molecule has 1 N–H and O–H groups in total. The van der Waals surface area contributed by atoms with Crippen molar-refractivity contribution in [2.45, 2.75) is 13.2 Å².